The summed E-state index contributed by atoms with van der Waals surface area (Å²) in [6, 6.07) is 10.4. The zero-order chi connectivity index (χ0) is 19.7. The van der Waals surface area contributed by atoms with Crippen molar-refractivity contribution in [3.05, 3.63) is 93.9 Å². The van der Waals surface area contributed by atoms with Crippen LogP contribution in [0.5, 0.6) is 0 Å². The maximum absolute atomic E-state index is 13.3. The average molecular weight is 395 g/mol. The van der Waals surface area contributed by atoms with Gasteiger partial charge in [-0.25, -0.2) is 9.37 Å². The fourth-order valence-electron chi connectivity index (χ4n) is 2.79. The van der Waals surface area contributed by atoms with Crippen molar-refractivity contribution in [2.24, 2.45) is 0 Å². The van der Waals surface area contributed by atoms with E-state index >= 15 is 0 Å². The van der Waals surface area contributed by atoms with Gasteiger partial charge >= 0.3 is 0 Å². The Morgan fingerprint density at radius 3 is 2.64 bits per heavy atom. The van der Waals surface area contributed by atoms with Gasteiger partial charge in [-0.3, -0.25) is 14.6 Å². The van der Waals surface area contributed by atoms with Crippen molar-refractivity contribution in [2.75, 3.05) is 5.32 Å². The third kappa shape index (κ3) is 3.23. The van der Waals surface area contributed by atoms with Crippen LogP contribution in [0.25, 0.3) is 16.7 Å². The molecule has 4 rings (SSSR count). The first-order valence-electron chi connectivity index (χ1n) is 8.22. The van der Waals surface area contributed by atoms with Gasteiger partial charge in [-0.1, -0.05) is 11.6 Å². The molecule has 1 aromatic carbocycles. The number of nitrogens with one attached hydrogen (secondary N) is 1. The summed E-state index contributed by atoms with van der Waals surface area (Å²) in [5.74, 6) is -1.02. The van der Waals surface area contributed by atoms with Crippen molar-refractivity contribution in [1.82, 2.24) is 14.5 Å². The molecule has 0 saturated heterocycles. The molecular formula is C20H12ClFN4O2. The number of carbonyl (C=O) groups excluding carboxylic acids is 1. The van der Waals surface area contributed by atoms with Crippen LogP contribution in [-0.4, -0.2) is 20.4 Å². The monoisotopic (exact) mass is 394 g/mol. The second-order valence-corrected chi connectivity index (χ2v) is 6.31. The molecule has 1 N–H and O–H groups in total. The fraction of sp³-hybridized carbons (Fsp3) is 0. The first kappa shape index (κ1) is 17.8. The van der Waals surface area contributed by atoms with Crippen LogP contribution in [0.2, 0.25) is 5.02 Å². The maximum atomic E-state index is 13.3. The van der Waals surface area contributed by atoms with Crippen molar-refractivity contribution < 1.29 is 9.18 Å². The molecule has 0 saturated carbocycles. The number of fused-ring (bicyclic) bond motifs is 1. The van der Waals surface area contributed by atoms with E-state index in [1.54, 1.807) is 16.7 Å². The molecule has 138 valence electrons. The van der Waals surface area contributed by atoms with Crippen molar-refractivity contribution in [1.29, 1.82) is 0 Å². The fourth-order valence-corrected chi connectivity index (χ4v) is 2.95. The standard InChI is InChI=1S/C20H12ClFN4O2/c21-16-10-23-9-7-17(16)25-20(28)15-11-26(13-5-3-12(22)4-6-13)19-14(18(15)27)2-1-8-24-19/h1-11H,(H,23,25,28). The van der Waals surface area contributed by atoms with Crippen LogP contribution in [0.15, 0.2) is 72.0 Å². The van der Waals surface area contributed by atoms with Gasteiger partial charge in [0.05, 0.1) is 16.1 Å². The molecule has 0 aliphatic carbocycles. The topological polar surface area (TPSA) is 76.9 Å². The average Bonchev–Trinajstić information content (AvgIpc) is 2.71. The Kier molecular flexibility index (Phi) is 4.58. The highest BCUT2D eigenvalue weighted by atomic mass is 35.5. The van der Waals surface area contributed by atoms with Crippen molar-refractivity contribution in [3.63, 3.8) is 0 Å². The molecule has 0 radical (unpaired) electrons. The lowest BCUT2D eigenvalue weighted by atomic mass is 10.1. The van der Waals surface area contributed by atoms with Crippen LogP contribution in [0.1, 0.15) is 10.4 Å². The molecule has 0 atom stereocenters. The predicted molar refractivity (Wildman–Crippen MR) is 104 cm³/mol. The number of aromatic nitrogens is 3. The summed E-state index contributed by atoms with van der Waals surface area (Å²) in [4.78, 5) is 33.8. The Labute approximate surface area is 163 Å². The smallest absolute Gasteiger partial charge is 0.261 e. The SMILES string of the molecule is O=C(Nc1ccncc1Cl)c1cn(-c2ccc(F)cc2)c2ncccc2c1=O. The van der Waals surface area contributed by atoms with E-state index in [0.717, 1.165) is 0 Å². The first-order valence-corrected chi connectivity index (χ1v) is 8.59. The van der Waals surface area contributed by atoms with Crippen LogP contribution >= 0.6 is 11.6 Å². The molecule has 3 aromatic heterocycles. The molecule has 0 aliphatic heterocycles. The Balaban J connectivity index is 1.88. The highest BCUT2D eigenvalue weighted by Crippen LogP contribution is 2.21. The Morgan fingerprint density at radius 1 is 1.11 bits per heavy atom. The zero-order valence-corrected chi connectivity index (χ0v) is 15.0. The number of carbonyl (C=O) groups is 1. The van der Waals surface area contributed by atoms with Gasteiger partial charge in [0, 0.05) is 30.5 Å². The lowest BCUT2D eigenvalue weighted by molar-refractivity contribution is 0.102. The summed E-state index contributed by atoms with van der Waals surface area (Å²) in [5, 5.41) is 3.13. The minimum atomic E-state index is -0.625. The summed E-state index contributed by atoms with van der Waals surface area (Å²) >= 11 is 6.03. The third-order valence-corrected chi connectivity index (χ3v) is 4.43. The van der Waals surface area contributed by atoms with E-state index < -0.39 is 17.2 Å². The molecule has 28 heavy (non-hydrogen) atoms. The summed E-state index contributed by atoms with van der Waals surface area (Å²) in [5.41, 5.74) is 0.682. The van der Waals surface area contributed by atoms with Gasteiger partial charge in [0.2, 0.25) is 5.43 Å². The van der Waals surface area contributed by atoms with Gasteiger partial charge in [0.1, 0.15) is 17.0 Å². The summed E-state index contributed by atoms with van der Waals surface area (Å²) in [7, 11) is 0. The van der Waals surface area contributed by atoms with E-state index in [9.17, 15) is 14.0 Å². The van der Waals surface area contributed by atoms with E-state index in [4.69, 9.17) is 11.6 Å². The lowest BCUT2D eigenvalue weighted by Crippen LogP contribution is -2.24. The van der Waals surface area contributed by atoms with E-state index in [1.807, 2.05) is 0 Å². The molecule has 0 unspecified atom stereocenters. The van der Waals surface area contributed by atoms with Crippen LogP contribution in [0.4, 0.5) is 10.1 Å². The summed E-state index contributed by atoms with van der Waals surface area (Å²) < 4.78 is 14.9. The van der Waals surface area contributed by atoms with E-state index in [0.29, 0.717) is 17.0 Å². The minimum Gasteiger partial charge on any atom is -0.320 e. The zero-order valence-electron chi connectivity index (χ0n) is 14.3. The van der Waals surface area contributed by atoms with Crippen LogP contribution in [0.3, 0.4) is 0 Å². The van der Waals surface area contributed by atoms with Gasteiger partial charge in [-0.05, 0) is 42.5 Å². The van der Waals surface area contributed by atoms with Crippen molar-refractivity contribution in [3.8, 4) is 5.69 Å². The molecular weight excluding hydrogens is 383 g/mol. The lowest BCUT2D eigenvalue weighted by Gasteiger charge is -2.13. The Bertz CT molecular complexity index is 1260. The first-order chi connectivity index (χ1) is 13.5. The van der Waals surface area contributed by atoms with E-state index in [1.165, 1.54) is 55.1 Å². The predicted octanol–water partition coefficient (Wildman–Crippen LogP) is 3.83. The Morgan fingerprint density at radius 2 is 1.89 bits per heavy atom. The quantitative estimate of drug-likeness (QED) is 0.573. The van der Waals surface area contributed by atoms with Gasteiger partial charge in [-0.2, -0.15) is 0 Å². The molecule has 6 nitrogen and oxygen atoms in total. The largest absolute Gasteiger partial charge is 0.320 e. The summed E-state index contributed by atoms with van der Waals surface area (Å²) in [6.45, 7) is 0. The van der Waals surface area contributed by atoms with Gasteiger partial charge in [0.15, 0.2) is 0 Å². The third-order valence-electron chi connectivity index (χ3n) is 4.13. The number of rotatable bonds is 3. The molecule has 3 heterocycles. The molecule has 4 aromatic rings. The van der Waals surface area contributed by atoms with Crippen LogP contribution < -0.4 is 10.7 Å². The number of pyridine rings is 3. The second-order valence-electron chi connectivity index (χ2n) is 5.90. The molecule has 0 bridgehead atoms. The number of hydrogen-bond acceptors (Lipinski definition) is 4. The van der Waals surface area contributed by atoms with Crippen molar-refractivity contribution >= 4 is 34.2 Å². The molecule has 0 spiro atoms. The number of nitrogens with zero attached hydrogens (tertiary/aromatic N) is 3. The summed E-state index contributed by atoms with van der Waals surface area (Å²) in [6.07, 6.45) is 5.79. The highest BCUT2D eigenvalue weighted by molar-refractivity contribution is 6.33. The number of anilines is 1. The van der Waals surface area contributed by atoms with Gasteiger partial charge in [0.25, 0.3) is 5.91 Å². The number of halogens is 2. The minimum absolute atomic E-state index is 0.0993. The second kappa shape index (κ2) is 7.21. The molecule has 1 amide bonds. The maximum Gasteiger partial charge on any atom is 0.261 e. The van der Waals surface area contributed by atoms with Gasteiger partial charge in [-0.15, -0.1) is 0 Å². The number of amides is 1. The molecule has 8 heteroatoms. The van der Waals surface area contributed by atoms with Gasteiger partial charge < -0.3 is 9.88 Å². The van der Waals surface area contributed by atoms with E-state index in [-0.39, 0.29) is 16.0 Å². The van der Waals surface area contributed by atoms with Crippen LogP contribution in [-0.2, 0) is 0 Å². The molecule has 0 fully saturated rings. The van der Waals surface area contributed by atoms with E-state index in [2.05, 4.69) is 15.3 Å². The normalized spacial score (nSPS) is 10.8. The number of benzene rings is 1. The highest BCUT2D eigenvalue weighted by Gasteiger charge is 2.18. The Hall–Kier alpha value is -3.58. The number of hydrogen-bond donors (Lipinski definition) is 1. The van der Waals surface area contributed by atoms with Crippen molar-refractivity contribution in [2.45, 2.75) is 0 Å². The molecule has 0 aliphatic rings. The van der Waals surface area contributed by atoms with Crippen LogP contribution in [0, 0.1) is 5.82 Å².